The molecule has 140 valence electrons. The number of thioether (sulfide) groups is 1. The Hall–Kier alpha value is -2.14. The van der Waals surface area contributed by atoms with Crippen LogP contribution in [0.15, 0.2) is 53.4 Å². The molecular formula is C21H28N2O2S. The second-order valence-electron chi connectivity index (χ2n) is 7.09. The SMILES string of the molecule is CSc1cccc(NC(=O)NCCCOc2ccc(C(C)(C)C)cc2)c1. The van der Waals surface area contributed by atoms with Gasteiger partial charge in [0.15, 0.2) is 0 Å². The first-order chi connectivity index (χ1) is 12.4. The van der Waals surface area contributed by atoms with Gasteiger partial charge >= 0.3 is 6.03 Å². The van der Waals surface area contributed by atoms with E-state index in [1.165, 1.54) is 5.56 Å². The molecule has 0 heterocycles. The molecule has 0 aromatic heterocycles. The van der Waals surface area contributed by atoms with E-state index in [9.17, 15) is 4.79 Å². The summed E-state index contributed by atoms with van der Waals surface area (Å²) in [4.78, 5) is 13.0. The van der Waals surface area contributed by atoms with Crippen LogP contribution in [-0.2, 0) is 5.41 Å². The van der Waals surface area contributed by atoms with Crippen LogP contribution < -0.4 is 15.4 Å². The number of carbonyl (C=O) groups is 1. The van der Waals surface area contributed by atoms with Crippen LogP contribution in [0.25, 0.3) is 0 Å². The van der Waals surface area contributed by atoms with Gasteiger partial charge in [-0.1, -0.05) is 39.0 Å². The number of anilines is 1. The Morgan fingerprint density at radius 2 is 1.85 bits per heavy atom. The zero-order valence-electron chi connectivity index (χ0n) is 16.0. The van der Waals surface area contributed by atoms with Crippen molar-refractivity contribution in [1.29, 1.82) is 0 Å². The predicted octanol–water partition coefficient (Wildman–Crippen LogP) is 5.30. The fourth-order valence-electron chi connectivity index (χ4n) is 2.39. The van der Waals surface area contributed by atoms with Crippen molar-refractivity contribution in [3.8, 4) is 5.75 Å². The molecule has 2 rings (SSSR count). The Kier molecular flexibility index (Phi) is 7.39. The second kappa shape index (κ2) is 9.53. The molecule has 0 fully saturated rings. The molecule has 0 radical (unpaired) electrons. The Bertz CT molecular complexity index is 709. The molecule has 2 N–H and O–H groups in total. The molecule has 0 aliphatic carbocycles. The quantitative estimate of drug-likeness (QED) is 0.512. The van der Waals surface area contributed by atoms with E-state index in [2.05, 4.69) is 43.5 Å². The van der Waals surface area contributed by atoms with E-state index in [4.69, 9.17) is 4.74 Å². The minimum atomic E-state index is -0.196. The second-order valence-corrected chi connectivity index (χ2v) is 7.97. The first kappa shape index (κ1) is 20.2. The average Bonchev–Trinajstić information content (AvgIpc) is 2.61. The number of amides is 2. The first-order valence-electron chi connectivity index (χ1n) is 8.81. The molecule has 4 nitrogen and oxygen atoms in total. The van der Waals surface area contributed by atoms with Crippen molar-refractivity contribution in [3.05, 3.63) is 54.1 Å². The number of rotatable bonds is 7. The van der Waals surface area contributed by atoms with Gasteiger partial charge in [-0.05, 0) is 54.0 Å². The number of nitrogens with one attached hydrogen (secondary N) is 2. The highest BCUT2D eigenvalue weighted by Gasteiger charge is 2.12. The molecule has 0 aliphatic heterocycles. The number of carbonyl (C=O) groups excluding carboxylic acids is 1. The van der Waals surface area contributed by atoms with E-state index < -0.39 is 0 Å². The number of hydrogen-bond donors (Lipinski definition) is 2. The van der Waals surface area contributed by atoms with Gasteiger partial charge in [0.05, 0.1) is 6.61 Å². The van der Waals surface area contributed by atoms with Gasteiger partial charge in [-0.15, -0.1) is 11.8 Å². The smallest absolute Gasteiger partial charge is 0.319 e. The normalized spacial score (nSPS) is 11.1. The van der Waals surface area contributed by atoms with E-state index >= 15 is 0 Å². The van der Waals surface area contributed by atoms with Crippen LogP contribution in [0.2, 0.25) is 0 Å². The summed E-state index contributed by atoms with van der Waals surface area (Å²) in [6, 6.07) is 15.8. The lowest BCUT2D eigenvalue weighted by atomic mass is 9.87. The summed E-state index contributed by atoms with van der Waals surface area (Å²) in [5.41, 5.74) is 2.23. The van der Waals surface area contributed by atoms with Gasteiger partial charge < -0.3 is 15.4 Å². The summed E-state index contributed by atoms with van der Waals surface area (Å²) in [5.74, 6) is 0.858. The molecule has 0 aliphatic rings. The first-order valence-corrected chi connectivity index (χ1v) is 10.0. The third-order valence-corrected chi connectivity index (χ3v) is 4.65. The molecule has 0 bridgehead atoms. The van der Waals surface area contributed by atoms with Crippen molar-refractivity contribution in [3.63, 3.8) is 0 Å². The Labute approximate surface area is 160 Å². The molecule has 5 heteroatoms. The summed E-state index contributed by atoms with van der Waals surface area (Å²) in [7, 11) is 0. The molecule has 2 aromatic carbocycles. The Morgan fingerprint density at radius 3 is 2.50 bits per heavy atom. The summed E-state index contributed by atoms with van der Waals surface area (Å²) in [6.07, 6.45) is 2.76. The maximum absolute atomic E-state index is 11.9. The molecule has 0 unspecified atom stereocenters. The lowest BCUT2D eigenvalue weighted by Crippen LogP contribution is -2.30. The highest BCUT2D eigenvalue weighted by Crippen LogP contribution is 2.24. The molecule has 2 amide bonds. The summed E-state index contributed by atoms with van der Waals surface area (Å²) < 4.78 is 5.73. The fourth-order valence-corrected chi connectivity index (χ4v) is 2.85. The fraction of sp³-hybridized carbons (Fsp3) is 0.381. The third kappa shape index (κ3) is 6.64. The average molecular weight is 373 g/mol. The lowest BCUT2D eigenvalue weighted by Gasteiger charge is -2.19. The summed E-state index contributed by atoms with van der Waals surface area (Å²) >= 11 is 1.65. The minimum Gasteiger partial charge on any atom is -0.494 e. The largest absolute Gasteiger partial charge is 0.494 e. The van der Waals surface area contributed by atoms with Crippen LogP contribution in [0.4, 0.5) is 10.5 Å². The van der Waals surface area contributed by atoms with Crippen LogP contribution in [-0.4, -0.2) is 25.4 Å². The highest BCUT2D eigenvalue weighted by atomic mass is 32.2. The zero-order chi connectivity index (χ0) is 19.0. The van der Waals surface area contributed by atoms with Crippen LogP contribution >= 0.6 is 11.8 Å². The summed E-state index contributed by atoms with van der Waals surface area (Å²) in [6.45, 7) is 7.70. The number of ether oxygens (including phenoxy) is 1. The van der Waals surface area contributed by atoms with Crippen molar-refractivity contribution in [1.82, 2.24) is 5.32 Å². The van der Waals surface area contributed by atoms with Crippen molar-refractivity contribution in [2.24, 2.45) is 0 Å². The molecule has 0 saturated carbocycles. The number of hydrogen-bond acceptors (Lipinski definition) is 3. The zero-order valence-corrected chi connectivity index (χ0v) is 16.8. The van der Waals surface area contributed by atoms with Gasteiger partial charge in [0.25, 0.3) is 0 Å². The summed E-state index contributed by atoms with van der Waals surface area (Å²) in [5, 5.41) is 5.69. The van der Waals surface area contributed by atoms with Crippen LogP contribution in [0.5, 0.6) is 5.75 Å². The van der Waals surface area contributed by atoms with Crippen molar-refractivity contribution >= 4 is 23.5 Å². The maximum atomic E-state index is 11.9. The van der Waals surface area contributed by atoms with Crippen LogP contribution in [0.1, 0.15) is 32.8 Å². The monoisotopic (exact) mass is 372 g/mol. The molecular weight excluding hydrogens is 344 g/mol. The van der Waals surface area contributed by atoms with Gasteiger partial charge in [0, 0.05) is 17.1 Å². The van der Waals surface area contributed by atoms with Gasteiger partial charge in [0.1, 0.15) is 5.75 Å². The molecule has 0 atom stereocenters. The number of benzene rings is 2. The molecule has 0 spiro atoms. The molecule has 2 aromatic rings. The van der Waals surface area contributed by atoms with Crippen molar-refractivity contribution < 1.29 is 9.53 Å². The van der Waals surface area contributed by atoms with Gasteiger partial charge in [-0.2, -0.15) is 0 Å². The number of urea groups is 1. The third-order valence-electron chi connectivity index (χ3n) is 3.92. The van der Waals surface area contributed by atoms with Crippen molar-refractivity contribution in [2.75, 3.05) is 24.7 Å². The van der Waals surface area contributed by atoms with Gasteiger partial charge in [0.2, 0.25) is 0 Å². The lowest BCUT2D eigenvalue weighted by molar-refractivity contribution is 0.250. The highest BCUT2D eigenvalue weighted by molar-refractivity contribution is 7.98. The van der Waals surface area contributed by atoms with Crippen LogP contribution in [0, 0.1) is 0 Å². The van der Waals surface area contributed by atoms with Crippen molar-refractivity contribution in [2.45, 2.75) is 37.5 Å². The maximum Gasteiger partial charge on any atom is 0.319 e. The molecule has 26 heavy (non-hydrogen) atoms. The van der Waals surface area contributed by atoms with Crippen LogP contribution in [0.3, 0.4) is 0 Å². The minimum absolute atomic E-state index is 0.144. The Morgan fingerprint density at radius 1 is 1.12 bits per heavy atom. The van der Waals surface area contributed by atoms with E-state index in [1.54, 1.807) is 11.8 Å². The van der Waals surface area contributed by atoms with E-state index in [-0.39, 0.29) is 11.4 Å². The van der Waals surface area contributed by atoms with E-state index in [0.29, 0.717) is 13.2 Å². The van der Waals surface area contributed by atoms with Gasteiger partial charge in [-0.25, -0.2) is 4.79 Å². The Balaban J connectivity index is 1.66. The van der Waals surface area contributed by atoms with E-state index in [1.807, 2.05) is 42.7 Å². The topological polar surface area (TPSA) is 50.4 Å². The van der Waals surface area contributed by atoms with E-state index in [0.717, 1.165) is 22.8 Å². The van der Waals surface area contributed by atoms with Gasteiger partial charge in [-0.3, -0.25) is 0 Å². The standard InChI is InChI=1S/C21H28N2O2S/c1-21(2,3)16-9-11-18(12-10-16)25-14-6-13-22-20(24)23-17-7-5-8-19(15-17)26-4/h5,7-12,15H,6,13-14H2,1-4H3,(H2,22,23,24). The molecule has 0 saturated heterocycles. The predicted molar refractivity (Wildman–Crippen MR) is 110 cm³/mol.